The Bertz CT molecular complexity index is 650. The molecule has 0 unspecified atom stereocenters. The van der Waals surface area contributed by atoms with Gasteiger partial charge in [-0.15, -0.1) is 0 Å². The molecule has 0 saturated heterocycles. The van der Waals surface area contributed by atoms with Crippen LogP contribution in [-0.2, 0) is 0 Å². The summed E-state index contributed by atoms with van der Waals surface area (Å²) in [5, 5.41) is 10.3. The number of hydrogen-bond acceptors (Lipinski definition) is 2. The number of phenols is 1. The largest absolute Gasteiger partial charge is 0.507 e. The number of carbonyl (C=O) groups excluding carboxylic acids is 1. The first-order chi connectivity index (χ1) is 8.82. The van der Waals surface area contributed by atoms with E-state index in [0.29, 0.717) is 15.1 Å². The first kappa shape index (κ1) is 14.8. The first-order valence-corrected chi connectivity index (χ1v) is 7.26. The Labute approximate surface area is 131 Å². The van der Waals surface area contributed by atoms with Gasteiger partial charge in [0.15, 0.2) is 5.78 Å². The van der Waals surface area contributed by atoms with Gasteiger partial charge in [0.05, 0.1) is 10.0 Å². The summed E-state index contributed by atoms with van der Waals surface area (Å²) in [5.41, 5.74) is 0.825. The van der Waals surface area contributed by atoms with Gasteiger partial charge in [-0.1, -0.05) is 11.6 Å². The van der Waals surface area contributed by atoms with Crippen LogP contribution in [-0.4, -0.2) is 10.9 Å². The molecule has 1 aliphatic carbocycles. The topological polar surface area (TPSA) is 37.3 Å². The molecule has 1 aromatic rings. The predicted octanol–water partition coefficient (Wildman–Crippen LogP) is 5.17. The second-order valence-corrected chi connectivity index (χ2v) is 6.16. The van der Waals surface area contributed by atoms with Crippen LogP contribution in [0, 0.1) is 6.92 Å². The molecule has 0 bridgehead atoms. The second kappa shape index (κ2) is 5.38. The van der Waals surface area contributed by atoms with Crippen molar-refractivity contribution in [2.75, 3.05) is 0 Å². The average Bonchev–Trinajstić information content (AvgIpc) is 2.61. The van der Waals surface area contributed by atoms with Crippen LogP contribution in [0.3, 0.4) is 0 Å². The van der Waals surface area contributed by atoms with E-state index in [-0.39, 0.29) is 27.8 Å². The van der Waals surface area contributed by atoms with Crippen LogP contribution in [0.15, 0.2) is 32.5 Å². The molecule has 0 aliphatic heterocycles. The van der Waals surface area contributed by atoms with Crippen molar-refractivity contribution in [2.24, 2.45) is 0 Å². The Morgan fingerprint density at radius 3 is 2.53 bits per heavy atom. The predicted molar refractivity (Wildman–Crippen MR) is 79.8 cm³/mol. The number of carbonyl (C=O) groups is 1. The third-order valence-corrected chi connectivity index (χ3v) is 5.26. The highest BCUT2D eigenvalue weighted by Crippen LogP contribution is 2.42. The van der Waals surface area contributed by atoms with Gasteiger partial charge in [-0.2, -0.15) is 0 Å². The van der Waals surface area contributed by atoms with Crippen molar-refractivity contribution in [3.63, 3.8) is 0 Å². The normalized spacial score (nSPS) is 15.4. The molecule has 1 aromatic carbocycles. The Kier molecular flexibility index (Phi) is 4.18. The number of rotatable bonds is 2. The van der Waals surface area contributed by atoms with E-state index >= 15 is 0 Å². The van der Waals surface area contributed by atoms with Crippen molar-refractivity contribution in [2.45, 2.75) is 13.3 Å². The lowest BCUT2D eigenvalue weighted by atomic mass is 9.99. The fourth-order valence-electron chi connectivity index (χ4n) is 1.81. The molecule has 0 amide bonds. The van der Waals surface area contributed by atoms with E-state index in [1.54, 1.807) is 13.0 Å². The minimum atomic E-state index is -0.445. The van der Waals surface area contributed by atoms with Gasteiger partial charge in [-0.05, 0) is 56.5 Å². The monoisotopic (exact) mass is 408 g/mol. The lowest BCUT2D eigenvalue weighted by Crippen LogP contribution is -2.04. The summed E-state index contributed by atoms with van der Waals surface area (Å²) in [6.07, 6.45) is -0.106. The lowest BCUT2D eigenvalue weighted by Gasteiger charge is -2.08. The van der Waals surface area contributed by atoms with Gasteiger partial charge >= 0.3 is 0 Å². The molecule has 100 valence electrons. The fraction of sp³-hybridized carbons (Fsp3) is 0.154. The number of Topliss-reactive ketones (excluding diaryl/α,β-unsaturated/α-hetero) is 1. The lowest BCUT2D eigenvalue weighted by molar-refractivity contribution is 0.102. The van der Waals surface area contributed by atoms with Crippen LogP contribution in [0.2, 0.25) is 5.02 Å². The Morgan fingerprint density at radius 2 is 2.00 bits per heavy atom. The quantitative estimate of drug-likeness (QED) is 0.684. The van der Waals surface area contributed by atoms with E-state index in [4.69, 9.17) is 11.6 Å². The van der Waals surface area contributed by atoms with Crippen molar-refractivity contribution in [3.8, 4) is 5.75 Å². The van der Waals surface area contributed by atoms with Crippen LogP contribution < -0.4 is 0 Å². The van der Waals surface area contributed by atoms with Gasteiger partial charge in [-0.25, -0.2) is 4.39 Å². The van der Waals surface area contributed by atoms with Crippen LogP contribution >= 0.6 is 43.5 Å². The molecule has 19 heavy (non-hydrogen) atoms. The number of allylic oxidation sites excluding steroid dienone is 4. The standard InChI is InChI=1S/C13H8Br2ClFO2/c1-5-2-6(16)3-8(12(5)18)13(19)7-4-9(17)11(15)10(7)14/h2-3,18H,4H2,1H3. The third-order valence-electron chi connectivity index (χ3n) is 2.81. The van der Waals surface area contributed by atoms with E-state index < -0.39 is 11.6 Å². The van der Waals surface area contributed by atoms with Crippen molar-refractivity contribution in [1.29, 1.82) is 0 Å². The highest BCUT2D eigenvalue weighted by atomic mass is 79.9. The Balaban J connectivity index is 2.49. The minimum absolute atomic E-state index is 0.0759. The van der Waals surface area contributed by atoms with Gasteiger partial charge in [0, 0.05) is 21.5 Å². The number of halogens is 4. The molecule has 0 spiro atoms. The zero-order valence-electron chi connectivity index (χ0n) is 9.73. The zero-order valence-corrected chi connectivity index (χ0v) is 13.7. The van der Waals surface area contributed by atoms with Gasteiger partial charge < -0.3 is 5.11 Å². The van der Waals surface area contributed by atoms with Crippen molar-refractivity contribution >= 4 is 49.2 Å². The number of hydrogen-bond donors (Lipinski definition) is 1. The molecule has 1 N–H and O–H groups in total. The van der Waals surface area contributed by atoms with E-state index in [0.717, 1.165) is 0 Å². The molecule has 0 radical (unpaired) electrons. The molecule has 2 rings (SSSR count). The number of aryl methyl sites for hydroxylation is 1. The highest BCUT2D eigenvalue weighted by molar-refractivity contribution is 9.15. The van der Waals surface area contributed by atoms with E-state index in [1.807, 2.05) is 0 Å². The molecular weight excluding hydrogens is 402 g/mol. The van der Waals surface area contributed by atoms with E-state index in [1.165, 1.54) is 6.07 Å². The van der Waals surface area contributed by atoms with Crippen LogP contribution in [0.1, 0.15) is 22.3 Å². The zero-order chi connectivity index (χ0) is 14.3. The smallest absolute Gasteiger partial charge is 0.194 e. The maximum Gasteiger partial charge on any atom is 0.194 e. The van der Waals surface area contributed by atoms with Crippen LogP contribution in [0.25, 0.3) is 0 Å². The van der Waals surface area contributed by atoms with E-state index in [9.17, 15) is 14.3 Å². The molecule has 2 nitrogen and oxygen atoms in total. The molecule has 1 aliphatic rings. The number of ketones is 1. The molecular formula is C13H8Br2ClFO2. The maximum absolute atomic E-state index is 13.5. The first-order valence-electron chi connectivity index (χ1n) is 5.30. The molecule has 0 atom stereocenters. The molecule has 6 heteroatoms. The van der Waals surface area contributed by atoms with Gasteiger partial charge in [-0.3, -0.25) is 4.79 Å². The van der Waals surface area contributed by atoms with Gasteiger partial charge in [0.2, 0.25) is 0 Å². The highest BCUT2D eigenvalue weighted by Gasteiger charge is 2.28. The third kappa shape index (κ3) is 2.64. The van der Waals surface area contributed by atoms with Crippen LogP contribution in [0.5, 0.6) is 5.75 Å². The van der Waals surface area contributed by atoms with Gasteiger partial charge in [0.1, 0.15) is 11.6 Å². The number of phenolic OH excluding ortho intramolecular Hbond substituents is 1. The van der Waals surface area contributed by atoms with E-state index in [2.05, 4.69) is 31.9 Å². The van der Waals surface area contributed by atoms with Gasteiger partial charge in [0.25, 0.3) is 0 Å². The maximum atomic E-state index is 13.5. The number of aromatic hydroxyl groups is 1. The summed E-state index contributed by atoms with van der Waals surface area (Å²) < 4.78 is 14.1. The van der Waals surface area contributed by atoms with Crippen molar-refractivity contribution < 1.29 is 14.3 Å². The number of benzene rings is 1. The SMILES string of the molecule is Cc1cc(Cl)cc(C(=O)C2=C(Br)C(Br)=C(F)C2)c1O. The summed E-state index contributed by atoms with van der Waals surface area (Å²) >= 11 is 12.1. The fourth-order valence-corrected chi connectivity index (χ4v) is 3.00. The Morgan fingerprint density at radius 1 is 1.37 bits per heavy atom. The van der Waals surface area contributed by atoms with Crippen LogP contribution in [0.4, 0.5) is 4.39 Å². The summed E-state index contributed by atoms with van der Waals surface area (Å²) in [5.74, 6) is -1.00. The molecule has 0 heterocycles. The molecule has 0 saturated carbocycles. The molecule has 0 fully saturated rings. The minimum Gasteiger partial charge on any atom is -0.507 e. The summed E-state index contributed by atoms with van der Waals surface area (Å²) in [4.78, 5) is 12.4. The van der Waals surface area contributed by atoms with Crippen molar-refractivity contribution in [1.82, 2.24) is 0 Å². The average molecular weight is 410 g/mol. The Hall–Kier alpha value is -0.650. The van der Waals surface area contributed by atoms with Crippen molar-refractivity contribution in [3.05, 3.63) is 48.6 Å². The molecule has 0 aromatic heterocycles. The second-order valence-electron chi connectivity index (χ2n) is 4.14. The summed E-state index contributed by atoms with van der Waals surface area (Å²) in [7, 11) is 0. The summed E-state index contributed by atoms with van der Waals surface area (Å²) in [6, 6.07) is 2.93. The summed E-state index contributed by atoms with van der Waals surface area (Å²) in [6.45, 7) is 1.64.